The molecule has 1 aromatic carbocycles. The number of benzene rings is 1. The molecule has 0 spiro atoms. The number of aromatic nitrogens is 2. The fraction of sp³-hybridized carbons (Fsp3) is 0.421. The van der Waals surface area contributed by atoms with Gasteiger partial charge >= 0.3 is 0 Å². The van der Waals surface area contributed by atoms with Crippen LogP contribution in [-0.2, 0) is 6.54 Å². The van der Waals surface area contributed by atoms with Crippen molar-refractivity contribution in [2.45, 2.75) is 39.2 Å². The highest BCUT2D eigenvalue weighted by atomic mass is 16.2. The predicted molar refractivity (Wildman–Crippen MR) is 99.2 cm³/mol. The Hall–Kier alpha value is -2.63. The second-order valence-electron chi connectivity index (χ2n) is 6.33. The van der Waals surface area contributed by atoms with Gasteiger partial charge in [0.25, 0.3) is 11.5 Å². The van der Waals surface area contributed by atoms with E-state index < -0.39 is 0 Å². The van der Waals surface area contributed by atoms with Crippen LogP contribution in [0.1, 0.15) is 43.1 Å². The van der Waals surface area contributed by atoms with E-state index in [9.17, 15) is 9.59 Å². The molecule has 132 valence electrons. The van der Waals surface area contributed by atoms with Crippen LogP contribution in [-0.4, -0.2) is 28.8 Å². The van der Waals surface area contributed by atoms with Gasteiger partial charge in [-0.2, -0.15) is 5.10 Å². The number of nitrogens with zero attached hydrogens (tertiary/aromatic N) is 3. The highest BCUT2D eigenvalue weighted by Gasteiger charge is 2.12. The van der Waals surface area contributed by atoms with Gasteiger partial charge in [-0.25, -0.2) is 4.68 Å². The number of hydrogen-bond donors (Lipinski definition) is 1. The maximum Gasteiger partial charge on any atom is 0.276 e. The van der Waals surface area contributed by atoms with Crippen LogP contribution in [0.15, 0.2) is 41.2 Å². The molecule has 1 aliphatic heterocycles. The Kier molecular flexibility index (Phi) is 5.48. The summed E-state index contributed by atoms with van der Waals surface area (Å²) < 4.78 is 1.33. The molecular weight excluding hydrogens is 316 g/mol. The monoisotopic (exact) mass is 340 g/mol. The topological polar surface area (TPSA) is 67.2 Å². The maximum atomic E-state index is 12.4. The molecule has 0 unspecified atom stereocenters. The molecule has 6 nitrogen and oxygen atoms in total. The molecule has 1 aliphatic rings. The van der Waals surface area contributed by atoms with Crippen LogP contribution in [0.2, 0.25) is 0 Å². The molecular formula is C19H24N4O2. The van der Waals surface area contributed by atoms with E-state index in [4.69, 9.17) is 0 Å². The van der Waals surface area contributed by atoms with Crippen molar-refractivity contribution in [3.8, 4) is 0 Å². The third kappa shape index (κ3) is 4.26. The van der Waals surface area contributed by atoms with Crippen molar-refractivity contribution in [1.29, 1.82) is 0 Å². The number of carbonyl (C=O) groups is 1. The summed E-state index contributed by atoms with van der Waals surface area (Å²) in [5, 5.41) is 6.97. The van der Waals surface area contributed by atoms with Gasteiger partial charge in [0.05, 0.1) is 0 Å². The number of piperidine rings is 1. The molecule has 2 aromatic rings. The molecule has 6 heteroatoms. The van der Waals surface area contributed by atoms with Crippen molar-refractivity contribution in [3.63, 3.8) is 0 Å². The Balaban J connectivity index is 1.68. The molecule has 3 rings (SSSR count). The fourth-order valence-electron chi connectivity index (χ4n) is 3.04. The van der Waals surface area contributed by atoms with Gasteiger partial charge in [-0.1, -0.05) is 6.92 Å². The Labute approximate surface area is 147 Å². The number of rotatable bonds is 5. The molecule has 0 atom stereocenters. The van der Waals surface area contributed by atoms with E-state index in [1.54, 1.807) is 0 Å². The zero-order valence-corrected chi connectivity index (χ0v) is 14.6. The normalized spacial score (nSPS) is 14.4. The maximum absolute atomic E-state index is 12.4. The third-order valence-electron chi connectivity index (χ3n) is 4.38. The Morgan fingerprint density at radius 3 is 2.48 bits per heavy atom. The lowest BCUT2D eigenvalue weighted by Gasteiger charge is -2.28. The standard InChI is InChI=1S/C19H24N4O2/c1-2-12-23-18(24)11-10-17(21-23)19(25)20-15-6-8-16(9-7-15)22-13-4-3-5-14-22/h6-11H,2-5,12-14H2,1H3,(H,20,25). The van der Waals surface area contributed by atoms with E-state index in [2.05, 4.69) is 15.3 Å². The van der Waals surface area contributed by atoms with Gasteiger partial charge in [0.2, 0.25) is 0 Å². The number of amides is 1. The summed E-state index contributed by atoms with van der Waals surface area (Å²) in [4.78, 5) is 26.4. The first-order chi connectivity index (χ1) is 12.2. The molecule has 1 fully saturated rings. The van der Waals surface area contributed by atoms with Gasteiger partial charge in [0.1, 0.15) is 5.69 Å². The average Bonchev–Trinajstić information content (AvgIpc) is 2.65. The largest absolute Gasteiger partial charge is 0.372 e. The summed E-state index contributed by atoms with van der Waals surface area (Å²) in [7, 11) is 0. The second-order valence-corrected chi connectivity index (χ2v) is 6.33. The lowest BCUT2D eigenvalue weighted by atomic mass is 10.1. The van der Waals surface area contributed by atoms with Crippen molar-refractivity contribution in [3.05, 3.63) is 52.4 Å². The van der Waals surface area contributed by atoms with Crippen molar-refractivity contribution in [1.82, 2.24) is 9.78 Å². The fourth-order valence-corrected chi connectivity index (χ4v) is 3.04. The van der Waals surface area contributed by atoms with Crippen LogP contribution in [0, 0.1) is 0 Å². The molecule has 0 radical (unpaired) electrons. The highest BCUT2D eigenvalue weighted by Crippen LogP contribution is 2.21. The first kappa shape index (κ1) is 17.2. The van der Waals surface area contributed by atoms with Crippen LogP contribution in [0.4, 0.5) is 11.4 Å². The molecule has 0 bridgehead atoms. The molecule has 1 N–H and O–H groups in total. The van der Waals surface area contributed by atoms with Gasteiger partial charge in [0.15, 0.2) is 0 Å². The summed E-state index contributed by atoms with van der Waals surface area (Å²) in [5.74, 6) is -0.310. The van der Waals surface area contributed by atoms with E-state index in [1.165, 1.54) is 41.8 Å². The number of anilines is 2. The van der Waals surface area contributed by atoms with Gasteiger partial charge < -0.3 is 10.2 Å². The Bertz CT molecular complexity index is 777. The van der Waals surface area contributed by atoms with Crippen molar-refractivity contribution in [2.24, 2.45) is 0 Å². The van der Waals surface area contributed by atoms with Crippen LogP contribution < -0.4 is 15.8 Å². The number of nitrogens with one attached hydrogen (secondary N) is 1. The third-order valence-corrected chi connectivity index (χ3v) is 4.38. The molecule has 25 heavy (non-hydrogen) atoms. The molecule has 2 heterocycles. The van der Waals surface area contributed by atoms with E-state index in [-0.39, 0.29) is 17.2 Å². The average molecular weight is 340 g/mol. The number of hydrogen-bond acceptors (Lipinski definition) is 4. The number of aryl methyl sites for hydroxylation is 1. The van der Waals surface area contributed by atoms with E-state index in [0.717, 1.165) is 25.2 Å². The van der Waals surface area contributed by atoms with E-state index in [1.807, 2.05) is 31.2 Å². The van der Waals surface area contributed by atoms with Crippen LogP contribution in [0.5, 0.6) is 0 Å². The van der Waals surface area contributed by atoms with Crippen LogP contribution in [0.25, 0.3) is 0 Å². The molecule has 0 aliphatic carbocycles. The van der Waals surface area contributed by atoms with Crippen LogP contribution in [0.3, 0.4) is 0 Å². The van der Waals surface area contributed by atoms with E-state index >= 15 is 0 Å². The molecule has 1 saturated heterocycles. The van der Waals surface area contributed by atoms with Crippen molar-refractivity contribution in [2.75, 3.05) is 23.3 Å². The second kappa shape index (κ2) is 7.96. The Morgan fingerprint density at radius 2 is 1.80 bits per heavy atom. The SMILES string of the molecule is CCCn1nc(C(=O)Nc2ccc(N3CCCCC3)cc2)ccc1=O. The lowest BCUT2D eigenvalue weighted by molar-refractivity contribution is 0.102. The Morgan fingerprint density at radius 1 is 1.08 bits per heavy atom. The minimum Gasteiger partial charge on any atom is -0.372 e. The quantitative estimate of drug-likeness (QED) is 0.909. The first-order valence-electron chi connectivity index (χ1n) is 8.92. The first-order valence-corrected chi connectivity index (χ1v) is 8.92. The predicted octanol–water partition coefficient (Wildman–Crippen LogP) is 2.90. The van der Waals surface area contributed by atoms with Crippen LogP contribution >= 0.6 is 0 Å². The minimum atomic E-state index is -0.310. The van der Waals surface area contributed by atoms with Gasteiger partial charge in [-0.05, 0) is 56.0 Å². The van der Waals surface area contributed by atoms with Gasteiger partial charge in [0, 0.05) is 37.1 Å². The zero-order chi connectivity index (χ0) is 17.6. The summed E-state index contributed by atoms with van der Waals surface area (Å²) >= 11 is 0. The lowest BCUT2D eigenvalue weighted by Crippen LogP contribution is -2.29. The van der Waals surface area contributed by atoms with E-state index in [0.29, 0.717) is 6.54 Å². The summed E-state index contributed by atoms with van der Waals surface area (Å²) in [6, 6.07) is 10.7. The van der Waals surface area contributed by atoms with Gasteiger partial charge in [-0.15, -0.1) is 0 Å². The smallest absolute Gasteiger partial charge is 0.276 e. The van der Waals surface area contributed by atoms with Gasteiger partial charge in [-0.3, -0.25) is 9.59 Å². The molecule has 1 amide bonds. The highest BCUT2D eigenvalue weighted by molar-refractivity contribution is 6.02. The zero-order valence-electron chi connectivity index (χ0n) is 14.6. The molecule has 0 saturated carbocycles. The van der Waals surface area contributed by atoms with Crippen molar-refractivity contribution >= 4 is 17.3 Å². The summed E-state index contributed by atoms with van der Waals surface area (Å²) in [5.41, 5.74) is 1.96. The number of carbonyl (C=O) groups excluding carboxylic acids is 1. The minimum absolute atomic E-state index is 0.190. The molecule has 1 aromatic heterocycles. The summed E-state index contributed by atoms with van der Waals surface area (Å²) in [6.45, 7) is 4.65. The van der Waals surface area contributed by atoms with Crippen molar-refractivity contribution < 1.29 is 4.79 Å². The summed E-state index contributed by atoms with van der Waals surface area (Å²) in [6.07, 6.45) is 4.56.